The maximum absolute atomic E-state index is 12.0. The molecule has 1 fully saturated rings. The third-order valence-corrected chi connectivity index (χ3v) is 3.47. The molecule has 2 atom stereocenters. The van der Waals surface area contributed by atoms with Gasteiger partial charge in [0.15, 0.2) is 5.60 Å². The number of allylic oxidation sites excluding steroid dienone is 2. The van der Waals surface area contributed by atoms with Gasteiger partial charge in [0.1, 0.15) is 11.6 Å². The second kappa shape index (κ2) is 4.59. The minimum absolute atomic E-state index is 0.136. The van der Waals surface area contributed by atoms with Crippen molar-refractivity contribution in [2.75, 3.05) is 6.61 Å². The molecule has 0 bridgehead atoms. The predicted molar refractivity (Wildman–Crippen MR) is 67.2 cm³/mol. The van der Waals surface area contributed by atoms with Crippen LogP contribution in [0.15, 0.2) is 28.7 Å². The summed E-state index contributed by atoms with van der Waals surface area (Å²) in [6, 6.07) is 0. The number of hydrogen-bond acceptors (Lipinski definition) is 6. The highest BCUT2D eigenvalue weighted by Crippen LogP contribution is 2.43. The zero-order valence-electron chi connectivity index (χ0n) is 10.9. The largest absolute Gasteiger partial charge is 0.392 e. The average Bonchev–Trinajstić information content (AvgIpc) is 2.62. The van der Waals surface area contributed by atoms with Crippen LogP contribution in [0.3, 0.4) is 0 Å². The first-order valence-electron chi connectivity index (χ1n) is 5.93. The van der Waals surface area contributed by atoms with Gasteiger partial charge < -0.3 is 15.8 Å². The van der Waals surface area contributed by atoms with E-state index >= 15 is 0 Å². The van der Waals surface area contributed by atoms with Gasteiger partial charge in [-0.2, -0.15) is 0 Å². The van der Waals surface area contributed by atoms with E-state index in [2.05, 4.69) is 5.32 Å². The van der Waals surface area contributed by atoms with E-state index in [9.17, 15) is 19.7 Å². The molecule has 2 unspecified atom stereocenters. The Hall–Kier alpha value is -2.44. The normalized spacial score (nSPS) is 28.7. The van der Waals surface area contributed by atoms with E-state index in [1.165, 1.54) is 6.92 Å². The molecular formula is C12H13N3O5. The van der Waals surface area contributed by atoms with Crippen LogP contribution in [-0.4, -0.2) is 29.0 Å². The Morgan fingerprint density at radius 2 is 2.30 bits per heavy atom. The van der Waals surface area contributed by atoms with Crippen molar-refractivity contribution < 1.29 is 19.2 Å². The Morgan fingerprint density at radius 3 is 2.80 bits per heavy atom. The molecule has 0 aromatic rings. The molecule has 0 radical (unpaired) electrons. The van der Waals surface area contributed by atoms with Crippen LogP contribution in [0, 0.1) is 16.0 Å². The first-order chi connectivity index (χ1) is 9.36. The number of fused-ring (bicyclic) bond motifs is 1. The zero-order chi connectivity index (χ0) is 15.1. The van der Waals surface area contributed by atoms with Crippen molar-refractivity contribution >= 4 is 11.8 Å². The topological polar surface area (TPSA) is 125 Å². The van der Waals surface area contributed by atoms with Crippen molar-refractivity contribution in [2.24, 2.45) is 11.7 Å². The number of amides is 1. The van der Waals surface area contributed by atoms with Gasteiger partial charge in [-0.15, -0.1) is 0 Å². The van der Waals surface area contributed by atoms with E-state index in [1.54, 1.807) is 12.9 Å². The predicted octanol–water partition coefficient (Wildman–Crippen LogP) is -0.370. The van der Waals surface area contributed by atoms with Crippen LogP contribution < -0.4 is 11.1 Å². The van der Waals surface area contributed by atoms with Crippen LogP contribution in [-0.2, 0) is 14.3 Å². The van der Waals surface area contributed by atoms with Gasteiger partial charge in [0.2, 0.25) is 0 Å². The molecule has 0 aromatic carbocycles. The van der Waals surface area contributed by atoms with Crippen molar-refractivity contribution in [3.05, 3.63) is 38.9 Å². The first kappa shape index (κ1) is 14.0. The number of nitrogens with one attached hydrogen (secondary N) is 1. The fourth-order valence-corrected chi connectivity index (χ4v) is 2.54. The molecule has 0 saturated carbocycles. The van der Waals surface area contributed by atoms with Gasteiger partial charge in [0.05, 0.1) is 16.4 Å². The molecule has 1 heterocycles. The zero-order valence-corrected chi connectivity index (χ0v) is 10.9. The van der Waals surface area contributed by atoms with Crippen LogP contribution in [0.25, 0.3) is 0 Å². The molecule has 106 valence electrons. The lowest BCUT2D eigenvalue weighted by atomic mass is 9.79. The number of rotatable bonds is 3. The summed E-state index contributed by atoms with van der Waals surface area (Å²) >= 11 is 0. The Balaban J connectivity index is 2.62. The molecule has 3 N–H and O–H groups in total. The summed E-state index contributed by atoms with van der Waals surface area (Å²) in [6.07, 6.45) is 1.16. The number of hydrogen-bond donors (Lipinski definition) is 2. The lowest BCUT2D eigenvalue weighted by Gasteiger charge is -2.29. The summed E-state index contributed by atoms with van der Waals surface area (Å²) < 4.78 is 5.45. The summed E-state index contributed by atoms with van der Waals surface area (Å²) in [4.78, 5) is 33.4. The fraction of sp³-hybridized carbons (Fsp3) is 0.417. The van der Waals surface area contributed by atoms with E-state index in [4.69, 9.17) is 10.5 Å². The van der Waals surface area contributed by atoms with E-state index in [0.717, 1.165) is 6.08 Å². The Labute approximate surface area is 114 Å². The van der Waals surface area contributed by atoms with E-state index < -0.39 is 28.0 Å². The van der Waals surface area contributed by atoms with Gasteiger partial charge in [-0.3, -0.25) is 14.9 Å². The summed E-state index contributed by atoms with van der Waals surface area (Å²) in [5, 5.41) is 13.4. The van der Waals surface area contributed by atoms with Gasteiger partial charge in [0, 0.05) is 18.4 Å². The third-order valence-electron chi connectivity index (χ3n) is 3.47. The molecule has 1 saturated heterocycles. The summed E-state index contributed by atoms with van der Waals surface area (Å²) in [6.45, 7) is 3.46. The molecule has 2 aliphatic rings. The van der Waals surface area contributed by atoms with Gasteiger partial charge in [-0.25, -0.2) is 4.79 Å². The minimum atomic E-state index is -1.33. The van der Waals surface area contributed by atoms with E-state index in [1.807, 2.05) is 0 Å². The lowest BCUT2D eigenvalue weighted by molar-refractivity contribution is -0.420. The maximum Gasteiger partial charge on any atom is 0.294 e. The highest BCUT2D eigenvalue weighted by Gasteiger charge is 2.55. The third kappa shape index (κ3) is 1.74. The van der Waals surface area contributed by atoms with Crippen molar-refractivity contribution in [3.8, 4) is 0 Å². The number of carbonyl (C=O) groups is 1. The van der Waals surface area contributed by atoms with Crippen LogP contribution in [0.2, 0.25) is 0 Å². The minimum Gasteiger partial charge on any atom is -0.392 e. The van der Waals surface area contributed by atoms with Crippen LogP contribution in [0.1, 0.15) is 13.8 Å². The van der Waals surface area contributed by atoms with Crippen molar-refractivity contribution in [2.45, 2.75) is 19.4 Å². The molecule has 20 heavy (non-hydrogen) atoms. The quantitative estimate of drug-likeness (QED) is 0.412. The number of nitrogens with zero attached hydrogens (tertiary/aromatic N) is 1. The highest BCUT2D eigenvalue weighted by molar-refractivity contribution is 5.93. The molecule has 0 aromatic heterocycles. The SMILES string of the molecule is CCOC1(C)C(=O)NC2=CC([N+](=O)[O-])=C(N)C(=C=O)C21. The molecule has 2 rings (SSSR count). The van der Waals surface area contributed by atoms with Gasteiger partial charge in [-0.1, -0.05) is 0 Å². The molecule has 0 spiro atoms. The second-order valence-electron chi connectivity index (χ2n) is 4.60. The highest BCUT2D eigenvalue weighted by atomic mass is 16.6. The van der Waals surface area contributed by atoms with Crippen molar-refractivity contribution in [1.29, 1.82) is 0 Å². The smallest absolute Gasteiger partial charge is 0.294 e. The van der Waals surface area contributed by atoms with E-state index in [0.29, 0.717) is 0 Å². The number of carbonyl (C=O) groups excluding carboxylic acids is 2. The first-order valence-corrected chi connectivity index (χ1v) is 5.93. The molecular weight excluding hydrogens is 266 g/mol. The summed E-state index contributed by atoms with van der Waals surface area (Å²) in [5.74, 6) is 0.330. The van der Waals surface area contributed by atoms with Gasteiger partial charge in [0.25, 0.3) is 11.6 Å². The van der Waals surface area contributed by atoms with Crippen LogP contribution >= 0.6 is 0 Å². The molecule has 8 nitrogen and oxygen atoms in total. The van der Waals surface area contributed by atoms with E-state index in [-0.39, 0.29) is 23.6 Å². The van der Waals surface area contributed by atoms with Crippen LogP contribution in [0.4, 0.5) is 0 Å². The summed E-state index contributed by atoms with van der Waals surface area (Å²) in [5.41, 5.74) is 3.69. The molecule has 1 aliphatic carbocycles. The standard InChI is InChI=1S/C12H13N3O5/c1-3-20-12(2)9-6(5-16)10(13)8(15(18)19)4-7(9)14-11(12)17/h4,9H,3,13H2,1-2H3,(H,14,17). The number of ether oxygens (including phenoxy) is 1. The van der Waals surface area contributed by atoms with Crippen molar-refractivity contribution in [1.82, 2.24) is 5.32 Å². The van der Waals surface area contributed by atoms with Gasteiger partial charge >= 0.3 is 0 Å². The van der Waals surface area contributed by atoms with Gasteiger partial charge in [-0.05, 0) is 13.8 Å². The Kier molecular flexibility index (Phi) is 3.21. The summed E-state index contributed by atoms with van der Waals surface area (Å²) in [7, 11) is 0. The second-order valence-corrected chi connectivity index (χ2v) is 4.60. The maximum atomic E-state index is 12.0. The molecule has 8 heteroatoms. The Bertz CT molecular complexity index is 615. The average molecular weight is 279 g/mol. The van der Waals surface area contributed by atoms with Crippen LogP contribution in [0.5, 0.6) is 0 Å². The monoisotopic (exact) mass is 279 g/mol. The fourth-order valence-electron chi connectivity index (χ4n) is 2.54. The Morgan fingerprint density at radius 1 is 1.65 bits per heavy atom. The van der Waals surface area contributed by atoms with Crippen molar-refractivity contribution in [3.63, 3.8) is 0 Å². The lowest BCUT2D eigenvalue weighted by Crippen LogP contribution is -2.44. The molecule has 1 aliphatic heterocycles. The number of nitro groups is 1. The number of nitrogens with two attached hydrogens (primary N) is 1. The molecule has 1 amide bonds.